The van der Waals surface area contributed by atoms with Gasteiger partial charge in [-0.3, -0.25) is 9.59 Å². The van der Waals surface area contributed by atoms with Gasteiger partial charge in [0.15, 0.2) is 0 Å². The molecule has 2 aromatic carbocycles. The van der Waals surface area contributed by atoms with Crippen LogP contribution < -0.4 is 10.2 Å². The Morgan fingerprint density at radius 3 is 2.27 bits per heavy atom. The average Bonchev–Trinajstić information content (AvgIpc) is 3.41. The number of likely N-dealkylation sites (N-methyl/N-ethyl adjacent to an activating group) is 1. The molecule has 0 aliphatic carbocycles. The molecule has 1 saturated heterocycles. The summed E-state index contributed by atoms with van der Waals surface area (Å²) in [7, 11) is 2.16. The third-order valence-corrected chi connectivity index (χ3v) is 7.66. The lowest BCUT2D eigenvalue weighted by molar-refractivity contribution is -0.192. The minimum Gasteiger partial charge on any atom is -0.475 e. The van der Waals surface area contributed by atoms with Crippen molar-refractivity contribution in [2.75, 3.05) is 43.4 Å². The summed E-state index contributed by atoms with van der Waals surface area (Å²) in [6.07, 6.45) is -2.15. The van der Waals surface area contributed by atoms with E-state index in [1.165, 1.54) is 11.8 Å². The Balaban J connectivity index is 0.000000671. The number of nitrogens with zero attached hydrogens (tertiary/aromatic N) is 3. The lowest BCUT2D eigenvalue weighted by Crippen LogP contribution is -2.44. The Bertz CT molecular complexity index is 1790. The quantitative estimate of drug-likeness (QED) is 0.150. The molecular formula is C35H38F3N5O5. The molecule has 1 amide bonds. The number of benzene rings is 2. The number of hydrogen-bond donors (Lipinski definition) is 3. The van der Waals surface area contributed by atoms with Crippen molar-refractivity contribution in [1.82, 2.24) is 14.9 Å². The molecule has 0 radical (unpaired) electrons. The van der Waals surface area contributed by atoms with Crippen molar-refractivity contribution in [1.29, 1.82) is 0 Å². The largest absolute Gasteiger partial charge is 0.490 e. The summed E-state index contributed by atoms with van der Waals surface area (Å²) in [4.78, 5) is 46.4. The summed E-state index contributed by atoms with van der Waals surface area (Å²) in [5.41, 5.74) is 8.16. The minimum absolute atomic E-state index is 0.134. The number of carboxylic acids is 1. The van der Waals surface area contributed by atoms with Gasteiger partial charge in [-0.15, -0.1) is 0 Å². The maximum Gasteiger partial charge on any atom is 0.490 e. The Hall–Kier alpha value is -5.17. The first-order valence-corrected chi connectivity index (χ1v) is 15.2. The number of aromatic nitrogens is 2. The number of piperazine rings is 1. The van der Waals surface area contributed by atoms with Crippen LogP contribution >= 0.6 is 0 Å². The van der Waals surface area contributed by atoms with Gasteiger partial charge in [0.25, 0.3) is 0 Å². The van der Waals surface area contributed by atoms with E-state index in [0.29, 0.717) is 5.69 Å². The van der Waals surface area contributed by atoms with Crippen molar-refractivity contribution in [2.45, 2.75) is 39.5 Å². The number of fused-ring (bicyclic) bond motifs is 1. The predicted octanol–water partition coefficient (Wildman–Crippen LogP) is 6.21. The Morgan fingerprint density at radius 2 is 1.69 bits per heavy atom. The fraction of sp³-hybridized carbons (Fsp3) is 0.314. The highest BCUT2D eigenvalue weighted by Gasteiger charge is 2.38. The number of aromatic amines is 1. The lowest BCUT2D eigenvalue weighted by Gasteiger charge is -2.34. The standard InChI is InChI=1S/C33H37N5O3.C2HF3O2/c1-6-29(39)35-28-19-25(8-7-22(28)4)31-27-17-23(18-30(40)41-21(2)3)20-34-33(27)36-32(31)24-9-11-26(12-10-24)38-15-13-37(5)14-16-38;3-2(4,5)1(6)7/h6-12,17,19-21H,1,13-16,18H2,2-5H3,(H,34,36)(H,35,39);(H,6,7). The van der Waals surface area contributed by atoms with Gasteiger partial charge in [-0.05, 0) is 80.4 Å². The van der Waals surface area contributed by atoms with Crippen LogP contribution in [-0.2, 0) is 25.5 Å². The van der Waals surface area contributed by atoms with Crippen LogP contribution in [0.1, 0.15) is 25.0 Å². The maximum absolute atomic E-state index is 12.4. The molecule has 10 nitrogen and oxygen atoms in total. The minimum atomic E-state index is -5.08. The van der Waals surface area contributed by atoms with Gasteiger partial charge in [0.1, 0.15) is 5.65 Å². The number of anilines is 2. The first-order chi connectivity index (χ1) is 22.7. The average molecular weight is 666 g/mol. The van der Waals surface area contributed by atoms with Crippen LogP contribution in [0.4, 0.5) is 24.5 Å². The number of esters is 1. The number of aryl methyl sites for hydroxylation is 1. The highest BCUT2D eigenvalue weighted by Crippen LogP contribution is 2.40. The molecular weight excluding hydrogens is 627 g/mol. The molecule has 1 fully saturated rings. The molecule has 0 unspecified atom stereocenters. The van der Waals surface area contributed by atoms with Gasteiger partial charge in [-0.1, -0.05) is 30.8 Å². The van der Waals surface area contributed by atoms with Crippen molar-refractivity contribution in [3.63, 3.8) is 0 Å². The fourth-order valence-corrected chi connectivity index (χ4v) is 5.20. The number of H-pyrrole nitrogens is 1. The molecule has 0 atom stereocenters. The van der Waals surface area contributed by atoms with E-state index in [1.54, 1.807) is 6.20 Å². The van der Waals surface area contributed by atoms with E-state index in [4.69, 9.17) is 14.6 Å². The number of alkyl halides is 3. The molecule has 2 aromatic heterocycles. The molecule has 48 heavy (non-hydrogen) atoms. The second kappa shape index (κ2) is 15.2. The molecule has 5 rings (SSSR count). The Labute approximate surface area is 276 Å². The van der Waals surface area contributed by atoms with E-state index >= 15 is 0 Å². The van der Waals surface area contributed by atoms with Gasteiger partial charge in [0.05, 0.1) is 18.2 Å². The first-order valence-electron chi connectivity index (χ1n) is 15.2. The van der Waals surface area contributed by atoms with Crippen LogP contribution in [0.2, 0.25) is 0 Å². The number of carbonyl (C=O) groups is 3. The van der Waals surface area contributed by atoms with Crippen LogP contribution in [0.15, 0.2) is 67.4 Å². The topological polar surface area (TPSA) is 128 Å². The number of rotatable bonds is 8. The summed E-state index contributed by atoms with van der Waals surface area (Å²) < 4.78 is 37.1. The van der Waals surface area contributed by atoms with Crippen LogP contribution in [0.3, 0.4) is 0 Å². The molecule has 254 valence electrons. The van der Waals surface area contributed by atoms with Gasteiger partial charge in [0.2, 0.25) is 5.91 Å². The number of carboxylic acid groups (broad SMARTS) is 1. The molecule has 1 aliphatic heterocycles. The molecule has 1 aliphatic rings. The zero-order valence-corrected chi connectivity index (χ0v) is 27.1. The van der Waals surface area contributed by atoms with Crippen LogP contribution in [-0.4, -0.2) is 83.3 Å². The normalized spacial score (nSPS) is 13.5. The van der Waals surface area contributed by atoms with Gasteiger partial charge < -0.3 is 29.9 Å². The third kappa shape index (κ3) is 9.00. The molecule has 0 spiro atoms. The van der Waals surface area contributed by atoms with Crippen LogP contribution in [0.25, 0.3) is 33.4 Å². The van der Waals surface area contributed by atoms with Gasteiger partial charge in [-0.2, -0.15) is 13.2 Å². The summed E-state index contributed by atoms with van der Waals surface area (Å²) in [5, 5.41) is 10.9. The third-order valence-electron chi connectivity index (χ3n) is 7.66. The predicted molar refractivity (Wildman–Crippen MR) is 179 cm³/mol. The number of nitrogens with one attached hydrogen (secondary N) is 2. The molecule has 0 bridgehead atoms. The van der Waals surface area contributed by atoms with Gasteiger partial charge in [0, 0.05) is 54.7 Å². The molecule has 3 N–H and O–H groups in total. The number of halogens is 3. The number of hydrogen-bond acceptors (Lipinski definition) is 7. The monoisotopic (exact) mass is 665 g/mol. The molecule has 13 heteroatoms. The zero-order valence-electron chi connectivity index (χ0n) is 27.1. The van der Waals surface area contributed by atoms with E-state index in [9.17, 15) is 22.8 Å². The summed E-state index contributed by atoms with van der Waals surface area (Å²) in [6.45, 7) is 13.3. The van der Waals surface area contributed by atoms with Gasteiger partial charge in [-0.25, -0.2) is 9.78 Å². The van der Waals surface area contributed by atoms with Crippen molar-refractivity contribution in [3.8, 4) is 22.4 Å². The van der Waals surface area contributed by atoms with Crippen molar-refractivity contribution in [2.24, 2.45) is 0 Å². The van der Waals surface area contributed by atoms with E-state index in [2.05, 4.69) is 63.0 Å². The maximum atomic E-state index is 12.4. The van der Waals surface area contributed by atoms with Crippen molar-refractivity contribution < 1.29 is 37.4 Å². The SMILES string of the molecule is C=CC(=O)Nc1cc(-c2c(-c3ccc(N4CCN(C)CC4)cc3)[nH]c3ncc(CC(=O)OC(C)C)cc23)ccc1C.O=C(O)C(F)(F)F. The summed E-state index contributed by atoms with van der Waals surface area (Å²) in [5.74, 6) is -3.31. The number of pyridine rings is 1. The Kier molecular flexibility index (Phi) is 11.3. The number of ether oxygens (including phenoxy) is 1. The summed E-state index contributed by atoms with van der Waals surface area (Å²) in [6, 6.07) is 16.6. The second-order valence-electron chi connectivity index (χ2n) is 11.7. The lowest BCUT2D eigenvalue weighted by atomic mass is 9.96. The Morgan fingerprint density at radius 1 is 1.06 bits per heavy atom. The van der Waals surface area contributed by atoms with Gasteiger partial charge >= 0.3 is 18.1 Å². The first kappa shape index (κ1) is 35.7. The number of carbonyl (C=O) groups excluding carboxylic acids is 2. The van der Waals surface area contributed by atoms with Crippen LogP contribution in [0, 0.1) is 6.92 Å². The van der Waals surface area contributed by atoms with Crippen molar-refractivity contribution in [3.05, 3.63) is 78.5 Å². The van der Waals surface area contributed by atoms with Crippen LogP contribution in [0.5, 0.6) is 0 Å². The second-order valence-corrected chi connectivity index (χ2v) is 11.7. The molecule has 3 heterocycles. The zero-order chi connectivity index (χ0) is 35.2. The number of amides is 1. The van der Waals surface area contributed by atoms with E-state index < -0.39 is 12.1 Å². The van der Waals surface area contributed by atoms with E-state index in [1.807, 2.05) is 45.0 Å². The van der Waals surface area contributed by atoms with E-state index in [-0.39, 0.29) is 24.4 Å². The van der Waals surface area contributed by atoms with Crippen molar-refractivity contribution >= 4 is 40.3 Å². The summed E-state index contributed by atoms with van der Waals surface area (Å²) >= 11 is 0. The molecule has 0 saturated carbocycles. The fourth-order valence-electron chi connectivity index (χ4n) is 5.20. The molecule has 4 aromatic rings. The highest BCUT2D eigenvalue weighted by atomic mass is 19.4. The number of aliphatic carboxylic acids is 1. The van der Waals surface area contributed by atoms with E-state index in [0.717, 1.165) is 70.7 Å². The highest BCUT2D eigenvalue weighted by molar-refractivity contribution is 6.05. The smallest absolute Gasteiger partial charge is 0.475 e.